The fourth-order valence-corrected chi connectivity index (χ4v) is 3.64. The van der Waals surface area contributed by atoms with Crippen molar-refractivity contribution in [1.82, 2.24) is 9.38 Å². The van der Waals surface area contributed by atoms with Crippen LogP contribution in [0.1, 0.15) is 11.4 Å². The minimum atomic E-state index is -0.330. The Kier molecular flexibility index (Phi) is 4.78. The predicted octanol–water partition coefficient (Wildman–Crippen LogP) is 2.90. The number of carbonyl (C=O) groups is 1. The van der Waals surface area contributed by atoms with E-state index >= 15 is 0 Å². The van der Waals surface area contributed by atoms with Crippen LogP contribution in [0.25, 0.3) is 4.96 Å². The molecule has 0 aliphatic rings. The number of rotatable bonds is 5. The molecule has 0 saturated carbocycles. The highest BCUT2D eigenvalue weighted by molar-refractivity contribution is 8.00. The molecule has 1 aromatic carbocycles. The van der Waals surface area contributed by atoms with Gasteiger partial charge in [0.05, 0.1) is 11.4 Å². The van der Waals surface area contributed by atoms with Crippen molar-refractivity contribution < 1.29 is 9.53 Å². The second kappa shape index (κ2) is 6.97. The van der Waals surface area contributed by atoms with Crippen molar-refractivity contribution in [2.75, 3.05) is 5.75 Å². The van der Waals surface area contributed by atoms with Crippen molar-refractivity contribution >= 4 is 34.0 Å². The van der Waals surface area contributed by atoms with Gasteiger partial charge in [-0.05, 0) is 19.1 Å². The molecule has 0 aliphatic carbocycles. The molecule has 0 spiro atoms. The number of esters is 1. The number of hydrogen-bond acceptors (Lipinski definition) is 6. The largest absolute Gasteiger partial charge is 0.459 e. The lowest BCUT2D eigenvalue weighted by Gasteiger charge is -2.05. The summed E-state index contributed by atoms with van der Waals surface area (Å²) in [5, 5.41) is 1.87. The molecule has 0 bridgehead atoms. The number of ether oxygens (including phenoxy) is 1. The average Bonchev–Trinajstić information content (AvgIpc) is 2.93. The first-order valence-electron chi connectivity index (χ1n) is 6.94. The van der Waals surface area contributed by atoms with Gasteiger partial charge in [0.2, 0.25) is 0 Å². The molecule has 2 heterocycles. The van der Waals surface area contributed by atoms with Crippen molar-refractivity contribution in [3.63, 3.8) is 0 Å². The molecule has 118 valence electrons. The van der Waals surface area contributed by atoms with Crippen molar-refractivity contribution in [3.8, 4) is 0 Å². The number of aromatic nitrogens is 2. The molecule has 7 heteroatoms. The Balaban J connectivity index is 1.60. The normalized spacial score (nSPS) is 10.8. The molecule has 3 rings (SSSR count). The third-order valence-electron chi connectivity index (χ3n) is 3.11. The lowest BCUT2D eigenvalue weighted by atomic mass is 10.4. The van der Waals surface area contributed by atoms with Crippen LogP contribution in [-0.4, -0.2) is 21.1 Å². The van der Waals surface area contributed by atoms with Gasteiger partial charge in [-0.1, -0.05) is 18.2 Å². The summed E-state index contributed by atoms with van der Waals surface area (Å²) in [5.41, 5.74) is 1.17. The molecular weight excluding hydrogens is 332 g/mol. The monoisotopic (exact) mass is 346 g/mol. The molecule has 0 atom stereocenters. The van der Waals surface area contributed by atoms with Crippen LogP contribution in [0.5, 0.6) is 0 Å². The van der Waals surface area contributed by atoms with Gasteiger partial charge in [-0.15, -0.1) is 23.1 Å². The fourth-order valence-electron chi connectivity index (χ4n) is 2.03. The zero-order valence-corrected chi connectivity index (χ0v) is 14.0. The van der Waals surface area contributed by atoms with Crippen molar-refractivity contribution in [2.24, 2.45) is 0 Å². The van der Waals surface area contributed by atoms with E-state index in [9.17, 15) is 9.59 Å². The fraction of sp³-hybridized carbons (Fsp3) is 0.188. The summed E-state index contributed by atoms with van der Waals surface area (Å²) in [6, 6.07) is 11.0. The van der Waals surface area contributed by atoms with Crippen LogP contribution in [0.15, 0.2) is 51.5 Å². The lowest BCUT2D eigenvalue weighted by Crippen LogP contribution is -2.16. The Morgan fingerprint density at radius 1 is 1.35 bits per heavy atom. The van der Waals surface area contributed by atoms with E-state index in [1.54, 1.807) is 4.40 Å². The van der Waals surface area contributed by atoms with Crippen molar-refractivity contribution in [2.45, 2.75) is 18.4 Å². The SMILES string of the molecule is Cc1csc2nc(COC(=O)CSc3ccccc3)cc(=O)n12. The number of nitrogens with zero attached hydrogens (tertiary/aromatic N) is 2. The number of aryl methyl sites for hydroxylation is 1. The van der Waals surface area contributed by atoms with Crippen LogP contribution >= 0.6 is 23.1 Å². The Bertz CT molecular complexity index is 887. The maximum atomic E-state index is 12.0. The zero-order valence-electron chi connectivity index (χ0n) is 12.4. The van der Waals surface area contributed by atoms with E-state index in [0.717, 1.165) is 10.6 Å². The lowest BCUT2D eigenvalue weighted by molar-refractivity contribution is -0.141. The van der Waals surface area contributed by atoms with Gasteiger partial charge in [0.1, 0.15) is 6.61 Å². The van der Waals surface area contributed by atoms with Gasteiger partial charge in [-0.3, -0.25) is 14.0 Å². The minimum absolute atomic E-state index is 0.0108. The highest BCUT2D eigenvalue weighted by Crippen LogP contribution is 2.17. The van der Waals surface area contributed by atoms with Crippen molar-refractivity contribution in [3.05, 3.63) is 63.5 Å². The third kappa shape index (κ3) is 3.80. The average molecular weight is 346 g/mol. The summed E-state index contributed by atoms with van der Waals surface area (Å²) in [4.78, 5) is 29.8. The van der Waals surface area contributed by atoms with Gasteiger partial charge in [-0.25, -0.2) is 4.98 Å². The molecule has 0 aliphatic heterocycles. The van der Waals surface area contributed by atoms with E-state index in [0.29, 0.717) is 10.7 Å². The first kappa shape index (κ1) is 15.8. The molecule has 0 N–H and O–H groups in total. The van der Waals surface area contributed by atoms with Gasteiger partial charge in [0, 0.05) is 22.0 Å². The molecule has 0 unspecified atom stereocenters. The number of carbonyl (C=O) groups excluding carboxylic acids is 1. The smallest absolute Gasteiger partial charge is 0.316 e. The van der Waals surface area contributed by atoms with E-state index < -0.39 is 0 Å². The number of thioether (sulfide) groups is 1. The van der Waals surface area contributed by atoms with Crippen LogP contribution in [0, 0.1) is 6.92 Å². The topological polar surface area (TPSA) is 60.7 Å². The minimum Gasteiger partial charge on any atom is -0.459 e. The van der Waals surface area contributed by atoms with Crippen LogP contribution in [0.2, 0.25) is 0 Å². The number of benzene rings is 1. The van der Waals surface area contributed by atoms with E-state index in [1.165, 1.54) is 29.2 Å². The highest BCUT2D eigenvalue weighted by atomic mass is 32.2. The molecule has 5 nitrogen and oxygen atoms in total. The highest BCUT2D eigenvalue weighted by Gasteiger charge is 2.09. The van der Waals surface area contributed by atoms with E-state index in [4.69, 9.17) is 4.74 Å². The van der Waals surface area contributed by atoms with E-state index in [-0.39, 0.29) is 23.9 Å². The standard InChI is InChI=1S/C16H14N2O3S2/c1-11-9-23-16-17-12(7-14(19)18(11)16)8-21-15(20)10-22-13-5-3-2-4-6-13/h2-7,9H,8,10H2,1H3. The maximum Gasteiger partial charge on any atom is 0.316 e. The second-order valence-corrected chi connectivity index (χ2v) is 6.73. The molecular formula is C16H14N2O3S2. The Labute approximate surface area is 140 Å². The van der Waals surface area contributed by atoms with E-state index in [2.05, 4.69) is 4.98 Å². The van der Waals surface area contributed by atoms with Gasteiger partial charge in [-0.2, -0.15) is 0 Å². The molecule has 0 radical (unpaired) electrons. The van der Waals surface area contributed by atoms with Crippen LogP contribution < -0.4 is 5.56 Å². The first-order valence-corrected chi connectivity index (χ1v) is 8.80. The maximum absolute atomic E-state index is 12.0. The summed E-state index contributed by atoms with van der Waals surface area (Å²) >= 11 is 2.81. The summed E-state index contributed by atoms with van der Waals surface area (Å²) in [6.45, 7) is 1.87. The summed E-state index contributed by atoms with van der Waals surface area (Å²) < 4.78 is 6.74. The summed E-state index contributed by atoms with van der Waals surface area (Å²) in [6.07, 6.45) is 0. The zero-order chi connectivity index (χ0) is 16.2. The molecule has 0 fully saturated rings. The Hall–Kier alpha value is -2.12. The number of fused-ring (bicyclic) bond motifs is 1. The Morgan fingerprint density at radius 3 is 2.91 bits per heavy atom. The van der Waals surface area contributed by atoms with Crippen molar-refractivity contribution in [1.29, 1.82) is 0 Å². The number of hydrogen-bond donors (Lipinski definition) is 0. The summed E-state index contributed by atoms with van der Waals surface area (Å²) in [7, 11) is 0. The molecule has 0 saturated heterocycles. The van der Waals surface area contributed by atoms with E-state index in [1.807, 2.05) is 42.6 Å². The van der Waals surface area contributed by atoms with Gasteiger partial charge in [0.25, 0.3) is 5.56 Å². The van der Waals surface area contributed by atoms with Crippen LogP contribution in [0.4, 0.5) is 0 Å². The number of thiazole rings is 1. The predicted molar refractivity (Wildman–Crippen MR) is 91.0 cm³/mol. The summed E-state index contributed by atoms with van der Waals surface area (Å²) in [5.74, 6) is -0.105. The molecule has 0 amide bonds. The molecule has 3 aromatic rings. The second-order valence-electron chi connectivity index (χ2n) is 4.84. The van der Waals surface area contributed by atoms with Crippen LogP contribution in [0.3, 0.4) is 0 Å². The first-order chi connectivity index (χ1) is 11.1. The van der Waals surface area contributed by atoms with Crippen LogP contribution in [-0.2, 0) is 16.1 Å². The van der Waals surface area contributed by atoms with Gasteiger partial charge >= 0.3 is 5.97 Å². The third-order valence-corrected chi connectivity index (χ3v) is 5.04. The molecule has 2 aromatic heterocycles. The Morgan fingerprint density at radius 2 is 2.13 bits per heavy atom. The van der Waals surface area contributed by atoms with Gasteiger partial charge in [0.15, 0.2) is 4.96 Å². The van der Waals surface area contributed by atoms with Gasteiger partial charge < -0.3 is 4.74 Å². The quantitative estimate of drug-likeness (QED) is 0.525. The molecule has 23 heavy (non-hydrogen) atoms.